The van der Waals surface area contributed by atoms with E-state index in [1.54, 1.807) is 0 Å². The van der Waals surface area contributed by atoms with Gasteiger partial charge in [-0.15, -0.1) is 11.3 Å². The molecule has 3 rings (SSSR count). The number of carbonyl (C=O) groups is 1. The summed E-state index contributed by atoms with van der Waals surface area (Å²) in [5.74, 6) is -0.410. The first-order valence-electron chi connectivity index (χ1n) is 6.19. The molecule has 0 amide bonds. The standard InChI is InChI=1S/C15H11N3O2S/c19-12(7-13(20)15-16-9-17-18-15)11-6-14(21-8-11)10-4-2-1-3-5-10/h1-9,19H,(H,16,17,18). The molecule has 3 aromatic rings. The molecule has 6 heteroatoms. The van der Waals surface area contributed by atoms with E-state index in [0.29, 0.717) is 5.56 Å². The number of thiophene rings is 1. The molecule has 0 saturated carbocycles. The van der Waals surface area contributed by atoms with Crippen molar-refractivity contribution in [1.29, 1.82) is 0 Å². The van der Waals surface area contributed by atoms with Gasteiger partial charge in [-0.2, -0.15) is 5.10 Å². The van der Waals surface area contributed by atoms with Gasteiger partial charge in [-0.25, -0.2) is 4.98 Å². The molecule has 2 heterocycles. The van der Waals surface area contributed by atoms with Crippen molar-refractivity contribution in [3.8, 4) is 10.4 Å². The zero-order valence-corrected chi connectivity index (χ0v) is 11.7. The Morgan fingerprint density at radius 2 is 2.10 bits per heavy atom. The van der Waals surface area contributed by atoms with Crippen LogP contribution in [0.25, 0.3) is 16.2 Å². The number of nitrogens with zero attached hydrogens (tertiary/aromatic N) is 2. The first kappa shape index (κ1) is 13.3. The molecule has 1 aromatic carbocycles. The number of rotatable bonds is 4. The molecule has 0 aliphatic carbocycles. The number of H-pyrrole nitrogens is 1. The molecule has 0 aliphatic heterocycles. The second-order valence-electron chi connectivity index (χ2n) is 4.29. The molecule has 0 atom stereocenters. The number of nitrogens with one attached hydrogen (secondary N) is 1. The summed E-state index contributed by atoms with van der Waals surface area (Å²) in [7, 11) is 0. The average Bonchev–Trinajstić information content (AvgIpc) is 3.20. The fraction of sp³-hybridized carbons (Fsp3) is 0. The van der Waals surface area contributed by atoms with Gasteiger partial charge in [0.2, 0.25) is 5.78 Å². The summed E-state index contributed by atoms with van der Waals surface area (Å²) in [5.41, 5.74) is 1.68. The minimum atomic E-state index is -0.419. The van der Waals surface area contributed by atoms with Crippen LogP contribution in [-0.2, 0) is 0 Å². The first-order chi connectivity index (χ1) is 10.2. The highest BCUT2D eigenvalue weighted by molar-refractivity contribution is 7.13. The number of allylic oxidation sites excluding steroid dienone is 1. The van der Waals surface area contributed by atoms with Gasteiger partial charge in [0.05, 0.1) is 0 Å². The van der Waals surface area contributed by atoms with E-state index in [2.05, 4.69) is 15.2 Å². The van der Waals surface area contributed by atoms with E-state index >= 15 is 0 Å². The molecule has 0 unspecified atom stereocenters. The Balaban J connectivity index is 1.84. The Labute approximate surface area is 124 Å². The van der Waals surface area contributed by atoms with Crippen LogP contribution in [0.5, 0.6) is 0 Å². The molecule has 0 bridgehead atoms. The van der Waals surface area contributed by atoms with Gasteiger partial charge in [0.25, 0.3) is 0 Å². The number of hydrogen-bond donors (Lipinski definition) is 2. The lowest BCUT2D eigenvalue weighted by atomic mass is 10.1. The highest BCUT2D eigenvalue weighted by Gasteiger charge is 2.10. The van der Waals surface area contributed by atoms with E-state index < -0.39 is 5.78 Å². The zero-order chi connectivity index (χ0) is 14.7. The van der Waals surface area contributed by atoms with Gasteiger partial charge in [0.1, 0.15) is 12.1 Å². The van der Waals surface area contributed by atoms with Crippen LogP contribution in [0.3, 0.4) is 0 Å². The second kappa shape index (κ2) is 5.72. The zero-order valence-electron chi connectivity index (χ0n) is 10.9. The molecule has 5 nitrogen and oxygen atoms in total. The van der Waals surface area contributed by atoms with Crippen LogP contribution in [0, 0.1) is 0 Å². The van der Waals surface area contributed by atoms with Gasteiger partial charge in [-0.05, 0) is 11.6 Å². The van der Waals surface area contributed by atoms with Gasteiger partial charge in [-0.1, -0.05) is 30.3 Å². The Morgan fingerprint density at radius 1 is 1.29 bits per heavy atom. The number of hydrogen-bond acceptors (Lipinski definition) is 5. The Hall–Kier alpha value is -2.73. The molecule has 0 radical (unpaired) electrons. The summed E-state index contributed by atoms with van der Waals surface area (Å²) in [4.78, 5) is 16.6. The molecular weight excluding hydrogens is 286 g/mol. The minimum absolute atomic E-state index is 0.0881. The van der Waals surface area contributed by atoms with Crippen molar-refractivity contribution in [2.24, 2.45) is 0 Å². The van der Waals surface area contributed by atoms with Crippen molar-refractivity contribution in [2.45, 2.75) is 0 Å². The van der Waals surface area contributed by atoms with Crippen molar-refractivity contribution in [3.63, 3.8) is 0 Å². The molecule has 2 N–H and O–H groups in total. The third-order valence-corrected chi connectivity index (χ3v) is 3.85. The Morgan fingerprint density at radius 3 is 2.81 bits per heavy atom. The predicted octanol–water partition coefficient (Wildman–Crippen LogP) is 3.32. The number of carbonyl (C=O) groups excluding carboxylic acids is 1. The van der Waals surface area contributed by atoms with Crippen molar-refractivity contribution in [2.75, 3.05) is 0 Å². The van der Waals surface area contributed by atoms with Gasteiger partial charge in [0.15, 0.2) is 5.82 Å². The second-order valence-corrected chi connectivity index (χ2v) is 5.20. The SMILES string of the molecule is O=C(C=C(O)c1csc(-c2ccccc2)c1)c1ncn[nH]1. The number of aromatic nitrogens is 3. The quantitative estimate of drug-likeness (QED) is 0.440. The summed E-state index contributed by atoms with van der Waals surface area (Å²) in [6.45, 7) is 0. The minimum Gasteiger partial charge on any atom is -0.507 e. The van der Waals surface area contributed by atoms with E-state index in [1.807, 2.05) is 41.8 Å². The predicted molar refractivity (Wildman–Crippen MR) is 81.1 cm³/mol. The number of aliphatic hydroxyl groups excluding tert-OH is 1. The monoisotopic (exact) mass is 297 g/mol. The summed E-state index contributed by atoms with van der Waals surface area (Å²) in [6, 6.07) is 11.7. The molecule has 21 heavy (non-hydrogen) atoms. The van der Waals surface area contributed by atoms with Crippen molar-refractivity contribution >= 4 is 22.9 Å². The van der Waals surface area contributed by atoms with Gasteiger partial charge >= 0.3 is 0 Å². The van der Waals surface area contributed by atoms with Crippen LogP contribution in [0.1, 0.15) is 16.2 Å². The van der Waals surface area contributed by atoms with Crippen LogP contribution in [0.4, 0.5) is 0 Å². The third-order valence-electron chi connectivity index (χ3n) is 2.87. The average molecular weight is 297 g/mol. The van der Waals surface area contributed by atoms with Crippen LogP contribution < -0.4 is 0 Å². The highest BCUT2D eigenvalue weighted by Crippen LogP contribution is 2.29. The smallest absolute Gasteiger partial charge is 0.226 e. The van der Waals surface area contributed by atoms with Crippen LogP contribution in [0.15, 0.2) is 54.2 Å². The van der Waals surface area contributed by atoms with E-state index in [4.69, 9.17) is 0 Å². The molecule has 0 saturated heterocycles. The lowest BCUT2D eigenvalue weighted by Gasteiger charge is -1.96. The number of aliphatic hydroxyl groups is 1. The van der Waals surface area contributed by atoms with Crippen molar-refractivity contribution in [1.82, 2.24) is 15.2 Å². The Kier molecular flexibility index (Phi) is 3.61. The molecule has 0 aliphatic rings. The van der Waals surface area contributed by atoms with Gasteiger partial charge in [0, 0.05) is 21.9 Å². The topological polar surface area (TPSA) is 78.9 Å². The maximum atomic E-state index is 11.8. The third kappa shape index (κ3) is 2.90. The molecule has 2 aromatic heterocycles. The lowest BCUT2D eigenvalue weighted by Crippen LogP contribution is -1.98. The summed E-state index contributed by atoms with van der Waals surface area (Å²) < 4.78 is 0. The van der Waals surface area contributed by atoms with Crippen LogP contribution >= 0.6 is 11.3 Å². The Bertz CT molecular complexity index is 776. The van der Waals surface area contributed by atoms with Crippen LogP contribution in [0.2, 0.25) is 0 Å². The summed E-state index contributed by atoms with van der Waals surface area (Å²) in [6.07, 6.45) is 2.38. The maximum absolute atomic E-state index is 11.8. The van der Waals surface area contributed by atoms with Gasteiger partial charge in [-0.3, -0.25) is 9.89 Å². The van der Waals surface area contributed by atoms with Gasteiger partial charge < -0.3 is 5.11 Å². The van der Waals surface area contributed by atoms with E-state index in [-0.39, 0.29) is 11.6 Å². The van der Waals surface area contributed by atoms with E-state index in [9.17, 15) is 9.90 Å². The number of ketones is 1. The summed E-state index contributed by atoms with van der Waals surface area (Å²) >= 11 is 1.51. The van der Waals surface area contributed by atoms with Crippen LogP contribution in [-0.4, -0.2) is 26.1 Å². The van der Waals surface area contributed by atoms with E-state index in [0.717, 1.165) is 16.5 Å². The maximum Gasteiger partial charge on any atom is 0.226 e. The number of aromatic amines is 1. The largest absolute Gasteiger partial charge is 0.507 e. The fourth-order valence-electron chi connectivity index (χ4n) is 1.82. The van der Waals surface area contributed by atoms with Crippen molar-refractivity contribution in [3.05, 3.63) is 65.6 Å². The molecular formula is C15H11N3O2S. The fourth-order valence-corrected chi connectivity index (χ4v) is 2.73. The normalized spacial score (nSPS) is 11.5. The lowest BCUT2D eigenvalue weighted by molar-refractivity contribution is 0.103. The molecule has 104 valence electrons. The van der Waals surface area contributed by atoms with E-state index in [1.165, 1.54) is 17.7 Å². The molecule has 0 fully saturated rings. The number of benzene rings is 1. The highest BCUT2D eigenvalue weighted by atomic mass is 32.1. The van der Waals surface area contributed by atoms with Crippen molar-refractivity contribution < 1.29 is 9.90 Å². The first-order valence-corrected chi connectivity index (χ1v) is 7.06. The summed E-state index contributed by atoms with van der Waals surface area (Å²) in [5, 5.41) is 17.9. The molecule has 0 spiro atoms.